The number of esters is 1. The number of halogens is 1. The summed E-state index contributed by atoms with van der Waals surface area (Å²) in [6, 6.07) is 0. The SMILES string of the molecule is CCCCCCCOCCCCCOC(=O)C(C)Cl. The largest absolute Gasteiger partial charge is 0.465 e. The van der Waals surface area contributed by atoms with Gasteiger partial charge < -0.3 is 9.47 Å². The Bertz CT molecular complexity index is 208. The van der Waals surface area contributed by atoms with E-state index in [1.807, 2.05) is 0 Å². The first kappa shape index (κ1) is 18.7. The monoisotopic (exact) mass is 292 g/mol. The van der Waals surface area contributed by atoms with Crippen LogP contribution in [-0.4, -0.2) is 31.2 Å². The molecule has 0 saturated carbocycles. The van der Waals surface area contributed by atoms with E-state index in [9.17, 15) is 4.79 Å². The van der Waals surface area contributed by atoms with Crippen LogP contribution in [0.15, 0.2) is 0 Å². The predicted molar refractivity (Wildman–Crippen MR) is 79.7 cm³/mol. The van der Waals surface area contributed by atoms with E-state index in [-0.39, 0.29) is 5.97 Å². The number of rotatable bonds is 13. The maximum absolute atomic E-state index is 11.0. The second kappa shape index (κ2) is 14.1. The smallest absolute Gasteiger partial charge is 0.323 e. The molecular weight excluding hydrogens is 264 g/mol. The van der Waals surface area contributed by atoms with Gasteiger partial charge in [-0.15, -0.1) is 11.6 Å². The van der Waals surface area contributed by atoms with Crippen molar-refractivity contribution in [3.63, 3.8) is 0 Å². The third-order valence-corrected chi connectivity index (χ3v) is 3.07. The quantitative estimate of drug-likeness (QED) is 0.288. The maximum atomic E-state index is 11.0. The molecule has 1 unspecified atom stereocenters. The van der Waals surface area contributed by atoms with Crippen molar-refractivity contribution in [1.82, 2.24) is 0 Å². The zero-order chi connectivity index (χ0) is 14.3. The molecule has 0 bridgehead atoms. The molecule has 0 saturated heterocycles. The lowest BCUT2D eigenvalue weighted by Gasteiger charge is -2.06. The average molecular weight is 293 g/mol. The summed E-state index contributed by atoms with van der Waals surface area (Å²) in [5, 5.41) is -0.545. The van der Waals surface area contributed by atoms with Crippen LogP contribution in [0.2, 0.25) is 0 Å². The Morgan fingerprint density at radius 3 is 2.05 bits per heavy atom. The van der Waals surface area contributed by atoms with Gasteiger partial charge in [-0.25, -0.2) is 0 Å². The molecule has 1 atom stereocenters. The molecule has 0 N–H and O–H groups in total. The first-order chi connectivity index (χ1) is 9.18. The number of hydrogen-bond acceptors (Lipinski definition) is 3. The summed E-state index contributed by atoms with van der Waals surface area (Å²) >= 11 is 5.58. The molecule has 0 radical (unpaired) electrons. The third-order valence-electron chi connectivity index (χ3n) is 2.89. The minimum absolute atomic E-state index is 0.329. The molecule has 4 heteroatoms. The number of hydrogen-bond donors (Lipinski definition) is 0. The van der Waals surface area contributed by atoms with Gasteiger partial charge in [0.1, 0.15) is 5.38 Å². The van der Waals surface area contributed by atoms with E-state index in [1.54, 1.807) is 6.92 Å². The summed E-state index contributed by atoms with van der Waals surface area (Å²) in [6.45, 7) is 6.00. The fourth-order valence-electron chi connectivity index (χ4n) is 1.68. The summed E-state index contributed by atoms with van der Waals surface area (Å²) in [4.78, 5) is 11.0. The highest BCUT2D eigenvalue weighted by atomic mass is 35.5. The Labute approximate surface area is 123 Å². The van der Waals surface area contributed by atoms with Gasteiger partial charge in [-0.05, 0) is 32.6 Å². The highest BCUT2D eigenvalue weighted by molar-refractivity contribution is 6.29. The Hall–Kier alpha value is -0.280. The molecule has 19 heavy (non-hydrogen) atoms. The number of alkyl halides is 1. The molecule has 0 aromatic rings. The van der Waals surface area contributed by atoms with Gasteiger partial charge in [-0.1, -0.05) is 32.6 Å². The van der Waals surface area contributed by atoms with E-state index in [0.717, 1.165) is 32.5 Å². The zero-order valence-corrected chi connectivity index (χ0v) is 13.2. The molecule has 0 fully saturated rings. The molecule has 0 aliphatic carbocycles. The molecule has 3 nitrogen and oxygen atoms in total. The van der Waals surface area contributed by atoms with Crippen molar-refractivity contribution >= 4 is 17.6 Å². The first-order valence-corrected chi connectivity index (χ1v) is 8.00. The summed E-state index contributed by atoms with van der Waals surface area (Å²) in [6.07, 6.45) is 9.33. The fraction of sp³-hybridized carbons (Fsp3) is 0.933. The topological polar surface area (TPSA) is 35.5 Å². The first-order valence-electron chi connectivity index (χ1n) is 7.57. The van der Waals surface area contributed by atoms with E-state index < -0.39 is 5.38 Å². The lowest BCUT2D eigenvalue weighted by molar-refractivity contribution is -0.142. The van der Waals surface area contributed by atoms with Crippen LogP contribution in [0, 0.1) is 0 Å². The number of carbonyl (C=O) groups is 1. The summed E-state index contributed by atoms with van der Waals surface area (Å²) in [5.74, 6) is -0.329. The average Bonchev–Trinajstić information content (AvgIpc) is 2.39. The standard InChI is InChI=1S/C15H29ClO3/c1-3-4-5-6-8-11-18-12-9-7-10-13-19-15(17)14(2)16/h14H,3-13H2,1-2H3. The van der Waals surface area contributed by atoms with Crippen LogP contribution in [0.1, 0.15) is 65.2 Å². The van der Waals surface area contributed by atoms with Gasteiger partial charge in [0, 0.05) is 13.2 Å². The van der Waals surface area contributed by atoms with Crippen molar-refractivity contribution in [3.8, 4) is 0 Å². The molecule has 114 valence electrons. The second-order valence-electron chi connectivity index (χ2n) is 4.87. The minimum atomic E-state index is -0.545. The normalized spacial score (nSPS) is 12.4. The second-order valence-corrected chi connectivity index (χ2v) is 5.53. The van der Waals surface area contributed by atoms with Gasteiger partial charge >= 0.3 is 5.97 Å². The zero-order valence-electron chi connectivity index (χ0n) is 12.5. The Morgan fingerprint density at radius 2 is 1.47 bits per heavy atom. The van der Waals surface area contributed by atoms with Crippen molar-refractivity contribution in [2.75, 3.05) is 19.8 Å². The molecule has 0 aromatic carbocycles. The molecule has 0 aromatic heterocycles. The van der Waals surface area contributed by atoms with Gasteiger partial charge in [0.05, 0.1) is 6.61 Å². The lowest BCUT2D eigenvalue weighted by atomic mass is 10.2. The Balaban J connectivity index is 3.05. The molecule has 0 aliphatic rings. The van der Waals surface area contributed by atoms with Crippen LogP contribution in [0.5, 0.6) is 0 Å². The number of unbranched alkanes of at least 4 members (excludes halogenated alkanes) is 6. The Morgan fingerprint density at radius 1 is 0.947 bits per heavy atom. The minimum Gasteiger partial charge on any atom is -0.465 e. The molecule has 0 spiro atoms. The van der Waals surface area contributed by atoms with Gasteiger partial charge in [-0.3, -0.25) is 4.79 Å². The van der Waals surface area contributed by atoms with Crippen LogP contribution < -0.4 is 0 Å². The van der Waals surface area contributed by atoms with E-state index in [0.29, 0.717) is 6.61 Å². The molecule has 0 aliphatic heterocycles. The molecular formula is C15H29ClO3. The van der Waals surface area contributed by atoms with Gasteiger partial charge in [0.15, 0.2) is 0 Å². The van der Waals surface area contributed by atoms with Crippen molar-refractivity contribution in [2.24, 2.45) is 0 Å². The Kier molecular flexibility index (Phi) is 13.9. The highest BCUT2D eigenvalue weighted by Gasteiger charge is 2.09. The lowest BCUT2D eigenvalue weighted by Crippen LogP contribution is -2.15. The van der Waals surface area contributed by atoms with Gasteiger partial charge in [0.2, 0.25) is 0 Å². The predicted octanol–water partition coefficient (Wildman–Crippen LogP) is 4.31. The van der Waals surface area contributed by atoms with E-state index in [4.69, 9.17) is 21.1 Å². The van der Waals surface area contributed by atoms with Crippen molar-refractivity contribution in [2.45, 2.75) is 70.6 Å². The number of carbonyl (C=O) groups excluding carboxylic acids is 1. The van der Waals surface area contributed by atoms with E-state index >= 15 is 0 Å². The highest BCUT2D eigenvalue weighted by Crippen LogP contribution is 2.04. The molecule has 0 rings (SSSR count). The van der Waals surface area contributed by atoms with Crippen molar-refractivity contribution in [3.05, 3.63) is 0 Å². The van der Waals surface area contributed by atoms with E-state index in [1.165, 1.54) is 32.1 Å². The molecule has 0 heterocycles. The van der Waals surface area contributed by atoms with Gasteiger partial charge in [-0.2, -0.15) is 0 Å². The van der Waals surface area contributed by atoms with Crippen LogP contribution in [0.3, 0.4) is 0 Å². The fourth-order valence-corrected chi connectivity index (χ4v) is 1.74. The van der Waals surface area contributed by atoms with Crippen LogP contribution in [-0.2, 0) is 14.3 Å². The van der Waals surface area contributed by atoms with Gasteiger partial charge in [0.25, 0.3) is 0 Å². The summed E-state index contributed by atoms with van der Waals surface area (Å²) in [5.41, 5.74) is 0. The maximum Gasteiger partial charge on any atom is 0.323 e. The van der Waals surface area contributed by atoms with E-state index in [2.05, 4.69) is 6.92 Å². The van der Waals surface area contributed by atoms with Crippen molar-refractivity contribution in [1.29, 1.82) is 0 Å². The molecule has 0 amide bonds. The summed E-state index contributed by atoms with van der Waals surface area (Å²) < 4.78 is 10.5. The van der Waals surface area contributed by atoms with Crippen LogP contribution >= 0.6 is 11.6 Å². The van der Waals surface area contributed by atoms with Crippen LogP contribution in [0.25, 0.3) is 0 Å². The number of ether oxygens (including phenoxy) is 2. The summed E-state index contributed by atoms with van der Waals surface area (Å²) in [7, 11) is 0. The van der Waals surface area contributed by atoms with Crippen molar-refractivity contribution < 1.29 is 14.3 Å². The third kappa shape index (κ3) is 13.9. The van der Waals surface area contributed by atoms with Crippen LogP contribution in [0.4, 0.5) is 0 Å².